The summed E-state index contributed by atoms with van der Waals surface area (Å²) in [6.07, 6.45) is 2.52. The summed E-state index contributed by atoms with van der Waals surface area (Å²) in [5.41, 5.74) is 8.28. The molecule has 0 saturated carbocycles. The smallest absolute Gasteiger partial charge is 0.337 e. The molecule has 3 rings (SSSR count). The van der Waals surface area contributed by atoms with Gasteiger partial charge in [0.25, 0.3) is 0 Å². The first-order valence-corrected chi connectivity index (χ1v) is 7.18. The maximum absolute atomic E-state index is 11.3. The molecule has 2 aliphatic heterocycles. The number of nitrogens with zero attached hydrogens (tertiary/aromatic N) is 2. The number of piperazine rings is 1. The molecule has 0 bridgehead atoms. The Labute approximate surface area is 119 Å². The van der Waals surface area contributed by atoms with Crippen molar-refractivity contribution >= 4 is 17.3 Å². The molecule has 2 heterocycles. The third-order valence-electron chi connectivity index (χ3n) is 4.55. The van der Waals surface area contributed by atoms with Gasteiger partial charge in [-0.1, -0.05) is 0 Å². The van der Waals surface area contributed by atoms with Crippen molar-refractivity contribution in [2.45, 2.75) is 25.8 Å². The molecule has 1 aromatic carbocycles. The highest BCUT2D eigenvalue weighted by Crippen LogP contribution is 2.29. The highest BCUT2D eigenvalue weighted by Gasteiger charge is 2.31. The summed E-state index contributed by atoms with van der Waals surface area (Å²) in [5.74, 6) is -0.952. The van der Waals surface area contributed by atoms with E-state index in [4.69, 9.17) is 5.73 Å². The number of aryl methyl sites for hydroxylation is 1. The Kier molecular flexibility index (Phi) is 3.30. The zero-order chi connectivity index (χ0) is 14.3. The van der Waals surface area contributed by atoms with Crippen LogP contribution in [0.2, 0.25) is 0 Å². The number of carboxylic acid groups (broad SMARTS) is 1. The third-order valence-corrected chi connectivity index (χ3v) is 4.55. The number of aromatic carboxylic acids is 1. The van der Waals surface area contributed by atoms with Crippen LogP contribution in [0, 0.1) is 6.92 Å². The molecule has 108 valence electrons. The Bertz CT molecular complexity index is 544. The summed E-state index contributed by atoms with van der Waals surface area (Å²) < 4.78 is 0. The van der Waals surface area contributed by atoms with Crippen LogP contribution in [0.25, 0.3) is 0 Å². The summed E-state index contributed by atoms with van der Waals surface area (Å²) in [5, 5.41) is 9.26. The Hall–Kier alpha value is -1.75. The topological polar surface area (TPSA) is 69.8 Å². The van der Waals surface area contributed by atoms with E-state index < -0.39 is 5.97 Å². The van der Waals surface area contributed by atoms with Crippen LogP contribution >= 0.6 is 0 Å². The number of rotatable bonds is 2. The second-order valence-electron chi connectivity index (χ2n) is 5.81. The van der Waals surface area contributed by atoms with E-state index in [1.807, 2.05) is 13.0 Å². The van der Waals surface area contributed by atoms with Crippen LogP contribution in [0.5, 0.6) is 0 Å². The van der Waals surface area contributed by atoms with E-state index >= 15 is 0 Å². The van der Waals surface area contributed by atoms with Crippen LogP contribution in [0.4, 0.5) is 11.4 Å². The summed E-state index contributed by atoms with van der Waals surface area (Å²) in [6, 6.07) is 4.34. The molecule has 0 aliphatic carbocycles. The second-order valence-corrected chi connectivity index (χ2v) is 5.81. The number of hydrogen-bond donors (Lipinski definition) is 2. The first-order chi connectivity index (χ1) is 9.56. The number of hydrogen-bond acceptors (Lipinski definition) is 4. The molecule has 3 N–H and O–H groups in total. The molecule has 1 unspecified atom stereocenters. The van der Waals surface area contributed by atoms with Crippen molar-refractivity contribution in [3.05, 3.63) is 23.3 Å². The maximum atomic E-state index is 11.3. The first-order valence-electron chi connectivity index (χ1n) is 7.18. The van der Waals surface area contributed by atoms with Gasteiger partial charge in [0.05, 0.1) is 5.56 Å². The van der Waals surface area contributed by atoms with Crippen molar-refractivity contribution in [2.75, 3.05) is 36.8 Å². The second kappa shape index (κ2) is 4.98. The number of anilines is 2. The summed E-state index contributed by atoms with van der Waals surface area (Å²) in [4.78, 5) is 16.1. The molecule has 2 saturated heterocycles. The van der Waals surface area contributed by atoms with Crippen molar-refractivity contribution in [3.63, 3.8) is 0 Å². The molecule has 2 fully saturated rings. The zero-order valence-electron chi connectivity index (χ0n) is 11.8. The minimum atomic E-state index is -0.952. The molecule has 20 heavy (non-hydrogen) atoms. The molecule has 0 amide bonds. The Morgan fingerprint density at radius 3 is 2.90 bits per heavy atom. The van der Waals surface area contributed by atoms with Gasteiger partial charge in [-0.15, -0.1) is 0 Å². The van der Waals surface area contributed by atoms with Gasteiger partial charge in [0.1, 0.15) is 0 Å². The van der Waals surface area contributed by atoms with Gasteiger partial charge in [-0.3, -0.25) is 4.90 Å². The number of fused-ring (bicyclic) bond motifs is 1. The Morgan fingerprint density at radius 1 is 1.35 bits per heavy atom. The summed E-state index contributed by atoms with van der Waals surface area (Å²) in [6.45, 7) is 6.09. The molecule has 0 spiro atoms. The van der Waals surface area contributed by atoms with Crippen LogP contribution in [0.15, 0.2) is 12.1 Å². The van der Waals surface area contributed by atoms with Crippen LogP contribution in [-0.2, 0) is 0 Å². The van der Waals surface area contributed by atoms with Gasteiger partial charge >= 0.3 is 5.97 Å². The van der Waals surface area contributed by atoms with Crippen molar-refractivity contribution in [3.8, 4) is 0 Å². The quantitative estimate of drug-likeness (QED) is 0.802. The molecule has 0 radical (unpaired) electrons. The van der Waals surface area contributed by atoms with E-state index in [0.29, 0.717) is 11.7 Å². The molecule has 1 aromatic rings. The van der Waals surface area contributed by atoms with Crippen LogP contribution in [0.3, 0.4) is 0 Å². The van der Waals surface area contributed by atoms with Gasteiger partial charge in [0.2, 0.25) is 0 Å². The van der Waals surface area contributed by atoms with Crippen molar-refractivity contribution in [1.82, 2.24) is 4.90 Å². The normalized spacial score (nSPS) is 22.9. The lowest BCUT2D eigenvalue weighted by Crippen LogP contribution is -2.50. The zero-order valence-corrected chi connectivity index (χ0v) is 11.8. The predicted molar refractivity (Wildman–Crippen MR) is 79.4 cm³/mol. The van der Waals surface area contributed by atoms with Gasteiger partial charge in [-0.2, -0.15) is 0 Å². The van der Waals surface area contributed by atoms with Crippen LogP contribution in [-0.4, -0.2) is 48.2 Å². The molecular weight excluding hydrogens is 254 g/mol. The van der Waals surface area contributed by atoms with Gasteiger partial charge in [-0.25, -0.2) is 4.79 Å². The summed E-state index contributed by atoms with van der Waals surface area (Å²) in [7, 11) is 0. The summed E-state index contributed by atoms with van der Waals surface area (Å²) >= 11 is 0. The molecular formula is C15H21N3O2. The number of nitrogen functional groups attached to an aromatic ring is 1. The molecule has 5 heteroatoms. The molecule has 5 nitrogen and oxygen atoms in total. The predicted octanol–water partition coefficient (Wildman–Crippen LogP) is 1.56. The number of benzene rings is 1. The minimum absolute atomic E-state index is 0.217. The van der Waals surface area contributed by atoms with Crippen LogP contribution < -0.4 is 10.6 Å². The van der Waals surface area contributed by atoms with Gasteiger partial charge in [0, 0.05) is 37.1 Å². The standard InChI is InChI=1S/C15H21N3O2/c1-10-7-12(8-13(14(10)16)15(19)20)18-6-5-17-4-2-3-11(17)9-18/h7-8,11H,2-6,9,16H2,1H3,(H,19,20). The third kappa shape index (κ3) is 2.22. The van der Waals surface area contributed by atoms with Gasteiger partial charge in [0.15, 0.2) is 0 Å². The lowest BCUT2D eigenvalue weighted by molar-refractivity contribution is 0.0698. The van der Waals surface area contributed by atoms with Crippen LogP contribution in [0.1, 0.15) is 28.8 Å². The van der Waals surface area contributed by atoms with Crippen molar-refractivity contribution < 1.29 is 9.90 Å². The number of nitrogens with two attached hydrogens (primary N) is 1. The lowest BCUT2D eigenvalue weighted by Gasteiger charge is -2.39. The van der Waals surface area contributed by atoms with E-state index in [0.717, 1.165) is 30.9 Å². The van der Waals surface area contributed by atoms with E-state index in [-0.39, 0.29) is 5.56 Å². The van der Waals surface area contributed by atoms with Crippen molar-refractivity contribution in [1.29, 1.82) is 0 Å². The maximum Gasteiger partial charge on any atom is 0.337 e. The molecule has 1 atom stereocenters. The highest BCUT2D eigenvalue weighted by atomic mass is 16.4. The molecule has 2 aliphatic rings. The first kappa shape index (κ1) is 13.2. The SMILES string of the molecule is Cc1cc(N2CCN3CCCC3C2)cc(C(=O)O)c1N. The average Bonchev–Trinajstić information content (AvgIpc) is 2.88. The fraction of sp³-hybridized carbons (Fsp3) is 0.533. The van der Waals surface area contributed by atoms with Gasteiger partial charge in [-0.05, 0) is 44.0 Å². The fourth-order valence-corrected chi connectivity index (χ4v) is 3.36. The van der Waals surface area contributed by atoms with E-state index in [1.165, 1.54) is 19.4 Å². The van der Waals surface area contributed by atoms with E-state index in [1.54, 1.807) is 6.07 Å². The Balaban J connectivity index is 1.88. The van der Waals surface area contributed by atoms with E-state index in [9.17, 15) is 9.90 Å². The average molecular weight is 275 g/mol. The highest BCUT2D eigenvalue weighted by molar-refractivity contribution is 5.95. The van der Waals surface area contributed by atoms with Gasteiger partial charge < -0.3 is 15.7 Å². The van der Waals surface area contributed by atoms with Crippen molar-refractivity contribution in [2.24, 2.45) is 0 Å². The van der Waals surface area contributed by atoms with E-state index in [2.05, 4.69) is 9.80 Å². The number of carbonyl (C=O) groups is 1. The minimum Gasteiger partial charge on any atom is -0.478 e. The molecule has 0 aromatic heterocycles. The number of carboxylic acids is 1. The largest absolute Gasteiger partial charge is 0.478 e. The lowest BCUT2D eigenvalue weighted by atomic mass is 10.0. The Morgan fingerprint density at radius 2 is 2.15 bits per heavy atom. The fourth-order valence-electron chi connectivity index (χ4n) is 3.36. The monoisotopic (exact) mass is 275 g/mol.